The topological polar surface area (TPSA) is 68.5 Å². The normalized spacial score (nSPS) is 15.8. The highest BCUT2D eigenvalue weighted by molar-refractivity contribution is 5.91. The lowest BCUT2D eigenvalue weighted by Crippen LogP contribution is -2.35. The van der Waals surface area contributed by atoms with E-state index >= 15 is 0 Å². The third-order valence-corrected chi connectivity index (χ3v) is 4.51. The first-order valence-corrected chi connectivity index (χ1v) is 8.55. The minimum absolute atomic E-state index is 0.180. The molecule has 0 bridgehead atoms. The Hall–Kier alpha value is -2.54. The molecule has 1 aliphatic heterocycles. The van der Waals surface area contributed by atoms with Crippen molar-refractivity contribution in [3.8, 4) is 5.75 Å². The zero-order chi connectivity index (χ0) is 18.5. The van der Waals surface area contributed by atoms with Crippen LogP contribution in [0.15, 0.2) is 36.5 Å². The molecule has 2 N–H and O–H groups in total. The van der Waals surface area contributed by atoms with Crippen LogP contribution in [-0.2, 0) is 6.54 Å². The lowest BCUT2D eigenvalue weighted by molar-refractivity contribution is 0.0994. The molecule has 2 heterocycles. The molecule has 5 nitrogen and oxygen atoms in total. The number of benzene rings is 1. The number of nitrogens with zero attached hydrogens (tertiary/aromatic N) is 2. The highest BCUT2D eigenvalue weighted by Crippen LogP contribution is 2.21. The third-order valence-electron chi connectivity index (χ3n) is 4.51. The van der Waals surface area contributed by atoms with Crippen molar-refractivity contribution in [2.75, 3.05) is 19.7 Å². The molecule has 1 amide bonds. The molecule has 0 atom stereocenters. The summed E-state index contributed by atoms with van der Waals surface area (Å²) < 4.78 is 32.3. The number of carbonyl (C=O) groups is 1. The maximum absolute atomic E-state index is 13.3. The summed E-state index contributed by atoms with van der Waals surface area (Å²) in [7, 11) is 0. The Kier molecular flexibility index (Phi) is 5.78. The maximum atomic E-state index is 13.3. The van der Waals surface area contributed by atoms with E-state index < -0.39 is 17.5 Å². The number of carbonyl (C=O) groups excluding carboxylic acids is 1. The first-order chi connectivity index (χ1) is 12.5. The van der Waals surface area contributed by atoms with Gasteiger partial charge < -0.3 is 10.5 Å². The van der Waals surface area contributed by atoms with Gasteiger partial charge in [0.25, 0.3) is 5.91 Å². The summed E-state index contributed by atoms with van der Waals surface area (Å²) in [6.45, 7) is 2.77. The molecule has 0 aliphatic carbocycles. The average molecular weight is 361 g/mol. The van der Waals surface area contributed by atoms with E-state index in [0.29, 0.717) is 30.4 Å². The molecular formula is C19H21F2N3O2. The molecule has 1 fully saturated rings. The van der Waals surface area contributed by atoms with E-state index in [9.17, 15) is 13.6 Å². The average Bonchev–Trinajstić information content (AvgIpc) is 2.60. The van der Waals surface area contributed by atoms with Gasteiger partial charge in [0.1, 0.15) is 23.1 Å². The monoisotopic (exact) mass is 361 g/mol. The van der Waals surface area contributed by atoms with E-state index in [1.807, 2.05) is 0 Å². The first kappa shape index (κ1) is 18.3. The van der Waals surface area contributed by atoms with Gasteiger partial charge in [-0.05, 0) is 55.6 Å². The van der Waals surface area contributed by atoms with Gasteiger partial charge in [-0.3, -0.25) is 14.7 Å². The SMILES string of the molecule is NC(=O)c1cc(OCC2CCN(Cc3cc(F)cc(F)c3)CC2)ccn1. The summed E-state index contributed by atoms with van der Waals surface area (Å²) in [6.07, 6.45) is 3.37. The lowest BCUT2D eigenvalue weighted by atomic mass is 9.97. The van der Waals surface area contributed by atoms with E-state index in [0.717, 1.165) is 32.0 Å². The van der Waals surface area contributed by atoms with Crippen molar-refractivity contribution in [2.24, 2.45) is 11.7 Å². The Bertz CT molecular complexity index is 757. The maximum Gasteiger partial charge on any atom is 0.267 e. The van der Waals surface area contributed by atoms with E-state index in [-0.39, 0.29) is 5.69 Å². The number of ether oxygens (including phenoxy) is 1. The fraction of sp³-hybridized carbons (Fsp3) is 0.368. The van der Waals surface area contributed by atoms with Crippen LogP contribution in [0.2, 0.25) is 0 Å². The summed E-state index contributed by atoms with van der Waals surface area (Å²) >= 11 is 0. The fourth-order valence-electron chi connectivity index (χ4n) is 3.12. The van der Waals surface area contributed by atoms with Crippen molar-refractivity contribution in [1.82, 2.24) is 9.88 Å². The zero-order valence-corrected chi connectivity index (χ0v) is 14.3. The van der Waals surface area contributed by atoms with Gasteiger partial charge in [-0.15, -0.1) is 0 Å². The Morgan fingerprint density at radius 1 is 1.19 bits per heavy atom. The summed E-state index contributed by atoms with van der Waals surface area (Å²) in [6, 6.07) is 6.86. The van der Waals surface area contributed by atoms with Crippen LogP contribution in [0.25, 0.3) is 0 Å². The van der Waals surface area contributed by atoms with Gasteiger partial charge in [0.05, 0.1) is 6.61 Å². The van der Waals surface area contributed by atoms with Crippen LogP contribution in [-0.4, -0.2) is 35.5 Å². The van der Waals surface area contributed by atoms with Crippen LogP contribution in [0.1, 0.15) is 28.9 Å². The van der Waals surface area contributed by atoms with Gasteiger partial charge in [-0.2, -0.15) is 0 Å². The molecule has 7 heteroatoms. The number of amides is 1. The number of hydrogen-bond donors (Lipinski definition) is 1. The Labute approximate surface area is 150 Å². The quantitative estimate of drug-likeness (QED) is 0.859. The summed E-state index contributed by atoms with van der Waals surface area (Å²) in [5.74, 6) is -0.711. The zero-order valence-electron chi connectivity index (χ0n) is 14.3. The minimum Gasteiger partial charge on any atom is -0.493 e. The van der Waals surface area contributed by atoms with Gasteiger partial charge in [0.15, 0.2) is 0 Å². The van der Waals surface area contributed by atoms with Gasteiger partial charge >= 0.3 is 0 Å². The standard InChI is InChI=1S/C19H21F2N3O2/c20-15-7-14(8-16(21)9-15)11-24-5-2-13(3-6-24)12-26-17-1-4-23-18(10-17)19(22)25/h1,4,7-10,13H,2-3,5-6,11-12H2,(H2,22,25). The number of piperidine rings is 1. The van der Waals surface area contributed by atoms with Crippen LogP contribution >= 0.6 is 0 Å². The molecule has 1 aromatic carbocycles. The second-order valence-electron chi connectivity index (χ2n) is 6.55. The van der Waals surface area contributed by atoms with Crippen molar-refractivity contribution in [2.45, 2.75) is 19.4 Å². The lowest BCUT2D eigenvalue weighted by Gasteiger charge is -2.31. The van der Waals surface area contributed by atoms with Crippen LogP contribution in [0.4, 0.5) is 8.78 Å². The van der Waals surface area contributed by atoms with E-state index in [4.69, 9.17) is 10.5 Å². The summed E-state index contributed by atoms with van der Waals surface area (Å²) in [5, 5.41) is 0. The number of nitrogens with two attached hydrogens (primary N) is 1. The predicted molar refractivity (Wildman–Crippen MR) is 92.6 cm³/mol. The third kappa shape index (κ3) is 4.98. The molecule has 0 spiro atoms. The van der Waals surface area contributed by atoms with Crippen molar-refractivity contribution in [1.29, 1.82) is 0 Å². The van der Waals surface area contributed by atoms with Crippen LogP contribution < -0.4 is 10.5 Å². The van der Waals surface area contributed by atoms with E-state index in [1.165, 1.54) is 24.4 Å². The van der Waals surface area contributed by atoms with Gasteiger partial charge in [0, 0.05) is 24.9 Å². The molecule has 0 unspecified atom stereocenters. The molecule has 1 aliphatic rings. The minimum atomic E-state index is -0.586. The second-order valence-corrected chi connectivity index (χ2v) is 6.55. The predicted octanol–water partition coefficient (Wildman–Crippen LogP) is 2.75. The van der Waals surface area contributed by atoms with E-state index in [2.05, 4.69) is 9.88 Å². The molecule has 3 rings (SSSR count). The number of rotatable bonds is 6. The molecule has 2 aromatic rings. The molecule has 138 valence electrons. The molecule has 1 aromatic heterocycles. The molecule has 0 radical (unpaired) electrons. The van der Waals surface area contributed by atoms with Crippen LogP contribution in [0.3, 0.4) is 0 Å². The molecular weight excluding hydrogens is 340 g/mol. The van der Waals surface area contributed by atoms with Crippen LogP contribution in [0, 0.1) is 17.6 Å². The fourth-order valence-corrected chi connectivity index (χ4v) is 3.12. The number of likely N-dealkylation sites (tertiary alicyclic amines) is 1. The van der Waals surface area contributed by atoms with Gasteiger partial charge in [-0.1, -0.05) is 0 Å². The largest absolute Gasteiger partial charge is 0.493 e. The number of primary amides is 1. The highest BCUT2D eigenvalue weighted by atomic mass is 19.1. The van der Waals surface area contributed by atoms with Crippen molar-refractivity contribution < 1.29 is 18.3 Å². The Balaban J connectivity index is 1.46. The highest BCUT2D eigenvalue weighted by Gasteiger charge is 2.20. The van der Waals surface area contributed by atoms with Crippen molar-refractivity contribution in [3.63, 3.8) is 0 Å². The van der Waals surface area contributed by atoms with E-state index in [1.54, 1.807) is 6.07 Å². The Morgan fingerprint density at radius 3 is 2.54 bits per heavy atom. The Morgan fingerprint density at radius 2 is 1.88 bits per heavy atom. The summed E-state index contributed by atoms with van der Waals surface area (Å²) in [5.41, 5.74) is 6.04. The van der Waals surface area contributed by atoms with Crippen molar-refractivity contribution >= 4 is 5.91 Å². The van der Waals surface area contributed by atoms with Crippen LogP contribution in [0.5, 0.6) is 5.75 Å². The van der Waals surface area contributed by atoms with Gasteiger partial charge in [0.2, 0.25) is 0 Å². The molecule has 0 saturated carbocycles. The number of hydrogen-bond acceptors (Lipinski definition) is 4. The summed E-state index contributed by atoms with van der Waals surface area (Å²) in [4.78, 5) is 17.2. The first-order valence-electron chi connectivity index (χ1n) is 8.55. The number of halogens is 2. The number of aromatic nitrogens is 1. The van der Waals surface area contributed by atoms with Gasteiger partial charge in [-0.25, -0.2) is 8.78 Å². The molecule has 26 heavy (non-hydrogen) atoms. The second kappa shape index (κ2) is 8.23. The molecule has 1 saturated heterocycles. The smallest absolute Gasteiger partial charge is 0.267 e. The van der Waals surface area contributed by atoms with Crippen molar-refractivity contribution in [3.05, 3.63) is 59.4 Å². The number of pyridine rings is 1.